The predicted octanol–water partition coefficient (Wildman–Crippen LogP) is 2.02. The van der Waals surface area contributed by atoms with Gasteiger partial charge in [-0.3, -0.25) is 0 Å². The van der Waals surface area contributed by atoms with Gasteiger partial charge in [0.2, 0.25) is 0 Å². The Bertz CT molecular complexity index is 101. The molecule has 3 atom stereocenters. The van der Waals surface area contributed by atoms with E-state index in [4.69, 9.17) is 5.73 Å². The van der Waals surface area contributed by atoms with E-state index >= 15 is 0 Å². The van der Waals surface area contributed by atoms with E-state index in [1.54, 1.807) is 0 Å². The molecule has 1 fully saturated rings. The van der Waals surface area contributed by atoms with Crippen molar-refractivity contribution in [1.82, 2.24) is 0 Å². The van der Waals surface area contributed by atoms with Gasteiger partial charge in [0.15, 0.2) is 0 Å². The van der Waals surface area contributed by atoms with Gasteiger partial charge >= 0.3 is 0 Å². The van der Waals surface area contributed by atoms with E-state index in [-0.39, 0.29) is 0 Å². The van der Waals surface area contributed by atoms with Crippen LogP contribution in [0.3, 0.4) is 0 Å². The molecule has 1 aliphatic rings. The molecule has 10 heavy (non-hydrogen) atoms. The Balaban J connectivity index is 2.31. The summed E-state index contributed by atoms with van der Waals surface area (Å²) in [6.45, 7) is 5.60. The summed E-state index contributed by atoms with van der Waals surface area (Å²) >= 11 is 0. The highest BCUT2D eigenvalue weighted by atomic mass is 14.5. The minimum Gasteiger partial charge on any atom is -0.330 e. The van der Waals surface area contributed by atoms with E-state index in [1.165, 1.54) is 19.3 Å². The number of hydrogen-bond donors (Lipinski definition) is 1. The smallest absolute Gasteiger partial charge is 0.00745 e. The van der Waals surface area contributed by atoms with E-state index in [2.05, 4.69) is 13.8 Å². The van der Waals surface area contributed by atoms with Gasteiger partial charge in [0.25, 0.3) is 0 Å². The van der Waals surface area contributed by atoms with Crippen LogP contribution in [0.25, 0.3) is 0 Å². The van der Waals surface area contributed by atoms with Crippen molar-refractivity contribution in [3.8, 4) is 0 Å². The lowest BCUT2D eigenvalue weighted by Gasteiger charge is -2.12. The summed E-state index contributed by atoms with van der Waals surface area (Å²) in [4.78, 5) is 0. The first-order valence-corrected chi connectivity index (χ1v) is 4.44. The Kier molecular flexibility index (Phi) is 2.72. The van der Waals surface area contributed by atoms with E-state index < -0.39 is 0 Å². The highest BCUT2D eigenvalue weighted by molar-refractivity contribution is 4.78. The molecule has 0 saturated heterocycles. The lowest BCUT2D eigenvalue weighted by Crippen LogP contribution is -2.10. The number of hydrogen-bond acceptors (Lipinski definition) is 1. The third kappa shape index (κ3) is 1.72. The van der Waals surface area contributed by atoms with E-state index in [1.807, 2.05) is 0 Å². The fourth-order valence-corrected chi connectivity index (χ4v) is 2.29. The Hall–Kier alpha value is -0.0400. The van der Waals surface area contributed by atoms with Crippen LogP contribution in [0.1, 0.15) is 33.1 Å². The monoisotopic (exact) mass is 141 g/mol. The van der Waals surface area contributed by atoms with Crippen molar-refractivity contribution < 1.29 is 0 Å². The summed E-state index contributed by atoms with van der Waals surface area (Å²) in [7, 11) is 0. The molecule has 1 rings (SSSR count). The molecule has 2 N–H and O–H groups in total. The highest BCUT2D eigenvalue weighted by Gasteiger charge is 2.27. The molecular formula is C9H19N. The van der Waals surface area contributed by atoms with E-state index in [0.717, 1.165) is 24.3 Å². The summed E-state index contributed by atoms with van der Waals surface area (Å²) in [5, 5.41) is 0. The molecule has 1 nitrogen and oxygen atoms in total. The van der Waals surface area contributed by atoms with Gasteiger partial charge in [0.1, 0.15) is 0 Å². The fourth-order valence-electron chi connectivity index (χ4n) is 2.29. The zero-order chi connectivity index (χ0) is 7.56. The maximum absolute atomic E-state index is 5.52. The number of nitrogens with two attached hydrogens (primary N) is 1. The molecule has 0 aromatic rings. The molecule has 1 saturated carbocycles. The molecular weight excluding hydrogens is 122 g/mol. The second kappa shape index (κ2) is 3.38. The molecule has 1 heteroatoms. The molecule has 0 spiro atoms. The normalized spacial score (nSPS) is 40.5. The van der Waals surface area contributed by atoms with Crippen LogP contribution >= 0.6 is 0 Å². The highest BCUT2D eigenvalue weighted by Crippen LogP contribution is 2.37. The van der Waals surface area contributed by atoms with Crippen LogP contribution in [0.4, 0.5) is 0 Å². The molecule has 0 amide bonds. The minimum atomic E-state index is 0.877. The number of rotatable bonds is 2. The zero-order valence-electron chi connectivity index (χ0n) is 7.14. The van der Waals surface area contributed by atoms with Crippen LogP contribution in [0.5, 0.6) is 0 Å². The summed E-state index contributed by atoms with van der Waals surface area (Å²) in [6.07, 6.45) is 4.08. The van der Waals surface area contributed by atoms with Crippen LogP contribution < -0.4 is 5.73 Å². The second-order valence-electron chi connectivity index (χ2n) is 3.89. The van der Waals surface area contributed by atoms with Gasteiger partial charge in [-0.15, -0.1) is 0 Å². The molecule has 3 unspecified atom stereocenters. The summed E-state index contributed by atoms with van der Waals surface area (Å²) in [5.41, 5.74) is 5.52. The largest absolute Gasteiger partial charge is 0.330 e. The van der Waals surface area contributed by atoms with Crippen LogP contribution in [0, 0.1) is 17.8 Å². The van der Waals surface area contributed by atoms with Crippen molar-refractivity contribution in [3.05, 3.63) is 0 Å². The Labute approximate surface area is 64.0 Å². The van der Waals surface area contributed by atoms with Crippen molar-refractivity contribution in [1.29, 1.82) is 0 Å². The molecule has 0 bridgehead atoms. The molecule has 0 radical (unpaired) electrons. The fraction of sp³-hybridized carbons (Fsp3) is 1.00. The van der Waals surface area contributed by atoms with Crippen molar-refractivity contribution >= 4 is 0 Å². The summed E-state index contributed by atoms with van der Waals surface area (Å²) in [6, 6.07) is 0. The van der Waals surface area contributed by atoms with Gasteiger partial charge in [0.05, 0.1) is 0 Å². The predicted molar refractivity (Wildman–Crippen MR) is 44.7 cm³/mol. The summed E-state index contributed by atoms with van der Waals surface area (Å²) in [5.74, 6) is 2.81. The Morgan fingerprint density at radius 2 is 2.00 bits per heavy atom. The summed E-state index contributed by atoms with van der Waals surface area (Å²) < 4.78 is 0. The first-order chi connectivity index (χ1) is 4.74. The molecule has 0 aliphatic heterocycles. The maximum atomic E-state index is 5.52. The SMILES string of the molecule is CC1CC(C)C(CCN)C1. The molecule has 60 valence electrons. The third-order valence-corrected chi connectivity index (χ3v) is 2.82. The molecule has 0 aromatic carbocycles. The van der Waals surface area contributed by atoms with Crippen molar-refractivity contribution in [2.75, 3.05) is 6.54 Å². The average molecular weight is 141 g/mol. The van der Waals surface area contributed by atoms with Gasteiger partial charge in [0, 0.05) is 0 Å². The van der Waals surface area contributed by atoms with Gasteiger partial charge in [-0.05, 0) is 43.6 Å². The second-order valence-corrected chi connectivity index (χ2v) is 3.89. The minimum absolute atomic E-state index is 0.877. The van der Waals surface area contributed by atoms with Crippen molar-refractivity contribution in [2.24, 2.45) is 23.5 Å². The van der Waals surface area contributed by atoms with E-state index in [0.29, 0.717) is 0 Å². The Morgan fingerprint density at radius 3 is 2.40 bits per heavy atom. The zero-order valence-corrected chi connectivity index (χ0v) is 7.14. The molecule has 0 heterocycles. The van der Waals surface area contributed by atoms with Gasteiger partial charge in [-0.1, -0.05) is 13.8 Å². The van der Waals surface area contributed by atoms with Crippen LogP contribution in [0.15, 0.2) is 0 Å². The van der Waals surface area contributed by atoms with Gasteiger partial charge in [-0.2, -0.15) is 0 Å². The van der Waals surface area contributed by atoms with Crippen molar-refractivity contribution in [3.63, 3.8) is 0 Å². The quantitative estimate of drug-likeness (QED) is 0.625. The maximum Gasteiger partial charge on any atom is -0.00745 e. The first-order valence-electron chi connectivity index (χ1n) is 4.44. The molecule has 0 aromatic heterocycles. The lowest BCUT2D eigenvalue weighted by atomic mass is 9.95. The standard InChI is InChI=1S/C9H19N/c1-7-5-8(2)9(6-7)3-4-10/h7-9H,3-6,10H2,1-2H3. The van der Waals surface area contributed by atoms with Crippen LogP contribution in [-0.2, 0) is 0 Å². The van der Waals surface area contributed by atoms with Crippen LogP contribution in [0.2, 0.25) is 0 Å². The lowest BCUT2D eigenvalue weighted by molar-refractivity contribution is 0.396. The topological polar surface area (TPSA) is 26.0 Å². The van der Waals surface area contributed by atoms with E-state index in [9.17, 15) is 0 Å². The van der Waals surface area contributed by atoms with Crippen LogP contribution in [-0.4, -0.2) is 6.54 Å². The first kappa shape index (κ1) is 8.06. The van der Waals surface area contributed by atoms with Gasteiger partial charge in [-0.25, -0.2) is 0 Å². The van der Waals surface area contributed by atoms with Crippen molar-refractivity contribution in [2.45, 2.75) is 33.1 Å². The Morgan fingerprint density at radius 1 is 1.30 bits per heavy atom. The average Bonchev–Trinajstić information content (AvgIpc) is 2.13. The van der Waals surface area contributed by atoms with Gasteiger partial charge < -0.3 is 5.73 Å². The molecule has 1 aliphatic carbocycles. The third-order valence-electron chi connectivity index (χ3n) is 2.82.